The van der Waals surface area contributed by atoms with Crippen molar-refractivity contribution in [3.05, 3.63) is 0 Å². The molecule has 4 nitrogen and oxygen atoms in total. The fourth-order valence-corrected chi connectivity index (χ4v) is 0.779. The van der Waals surface area contributed by atoms with Crippen LogP contribution in [0, 0.1) is 11.8 Å². The van der Waals surface area contributed by atoms with E-state index in [1.807, 2.05) is 27.8 Å². The van der Waals surface area contributed by atoms with E-state index < -0.39 is 0 Å². The van der Waals surface area contributed by atoms with Gasteiger partial charge in [0.1, 0.15) is 0 Å². The Morgan fingerprint density at radius 2 is 2.00 bits per heavy atom. The van der Waals surface area contributed by atoms with Gasteiger partial charge in [-0.15, -0.1) is 0 Å². The van der Waals surface area contributed by atoms with Gasteiger partial charge in [-0.1, -0.05) is 20.8 Å². The van der Waals surface area contributed by atoms with Crippen molar-refractivity contribution >= 4 is 5.91 Å². The Morgan fingerprint density at radius 1 is 1.38 bits per heavy atom. The monoisotopic (exact) mass is 188 g/mol. The minimum Gasteiger partial charge on any atom is -0.319 e. The molecule has 0 aliphatic heterocycles. The molecule has 0 aliphatic carbocycles. The summed E-state index contributed by atoms with van der Waals surface area (Å²) in [6.07, 6.45) is 0. The minimum atomic E-state index is -0.0741. The maximum absolute atomic E-state index is 11.2. The van der Waals surface area contributed by atoms with Gasteiger partial charge in [-0.05, 0) is 13.0 Å². The van der Waals surface area contributed by atoms with E-state index in [0.717, 1.165) is 0 Å². The fourth-order valence-electron chi connectivity index (χ4n) is 0.779. The van der Waals surface area contributed by atoms with Crippen molar-refractivity contribution in [2.45, 2.75) is 20.8 Å². The van der Waals surface area contributed by atoms with Crippen LogP contribution in [0.5, 0.6) is 0 Å². The number of hydroxylamine groups is 1. The molecule has 1 unspecified atom stereocenters. The van der Waals surface area contributed by atoms with Crippen LogP contribution >= 0.6 is 0 Å². The molecule has 0 rings (SSSR count). The topological polar surface area (TPSA) is 50.4 Å². The zero-order valence-electron chi connectivity index (χ0n) is 8.89. The standard InChI is InChI=1S/C9H20N2O2/c1-7(2)6-13-11-9(12)8(3)5-10-4/h7-8,10H,5-6H2,1-4H3,(H,11,12). The van der Waals surface area contributed by atoms with Gasteiger partial charge >= 0.3 is 0 Å². The molecule has 0 radical (unpaired) electrons. The Balaban J connectivity index is 3.50. The maximum atomic E-state index is 11.2. The Bertz CT molecular complexity index is 149. The van der Waals surface area contributed by atoms with Gasteiger partial charge in [0.15, 0.2) is 0 Å². The molecule has 0 spiro atoms. The van der Waals surface area contributed by atoms with E-state index in [-0.39, 0.29) is 11.8 Å². The van der Waals surface area contributed by atoms with E-state index in [2.05, 4.69) is 10.8 Å². The van der Waals surface area contributed by atoms with Crippen LogP contribution in [0.25, 0.3) is 0 Å². The van der Waals surface area contributed by atoms with Crippen molar-refractivity contribution in [3.63, 3.8) is 0 Å². The highest BCUT2D eigenvalue weighted by Gasteiger charge is 2.11. The number of carbonyl (C=O) groups excluding carboxylic acids is 1. The van der Waals surface area contributed by atoms with Crippen LogP contribution in [-0.2, 0) is 9.63 Å². The molecule has 0 aromatic rings. The second-order valence-electron chi connectivity index (χ2n) is 3.63. The third kappa shape index (κ3) is 6.54. The summed E-state index contributed by atoms with van der Waals surface area (Å²) in [4.78, 5) is 16.2. The molecule has 1 amide bonds. The molecule has 0 fully saturated rings. The van der Waals surface area contributed by atoms with Crippen LogP contribution < -0.4 is 10.8 Å². The van der Waals surface area contributed by atoms with Crippen molar-refractivity contribution in [1.29, 1.82) is 0 Å². The third-order valence-corrected chi connectivity index (χ3v) is 1.55. The lowest BCUT2D eigenvalue weighted by Crippen LogP contribution is -2.35. The maximum Gasteiger partial charge on any atom is 0.247 e. The highest BCUT2D eigenvalue weighted by atomic mass is 16.6. The van der Waals surface area contributed by atoms with Crippen molar-refractivity contribution < 1.29 is 9.63 Å². The number of carbonyl (C=O) groups is 1. The highest BCUT2D eigenvalue weighted by Crippen LogP contribution is 1.94. The predicted molar refractivity (Wildman–Crippen MR) is 52.0 cm³/mol. The quantitative estimate of drug-likeness (QED) is 0.598. The normalized spacial score (nSPS) is 13.0. The zero-order valence-corrected chi connectivity index (χ0v) is 8.89. The van der Waals surface area contributed by atoms with E-state index in [4.69, 9.17) is 4.84 Å². The van der Waals surface area contributed by atoms with Crippen LogP contribution in [0.4, 0.5) is 0 Å². The number of hydrogen-bond donors (Lipinski definition) is 2. The molecular weight excluding hydrogens is 168 g/mol. The molecule has 13 heavy (non-hydrogen) atoms. The lowest BCUT2D eigenvalue weighted by atomic mass is 10.2. The lowest BCUT2D eigenvalue weighted by molar-refractivity contribution is -0.137. The van der Waals surface area contributed by atoms with Gasteiger partial charge in [0.2, 0.25) is 5.91 Å². The molecule has 0 aromatic carbocycles. The Labute approximate surface area is 80.0 Å². The fraction of sp³-hybridized carbons (Fsp3) is 0.889. The van der Waals surface area contributed by atoms with Gasteiger partial charge < -0.3 is 5.32 Å². The number of hydrogen-bond acceptors (Lipinski definition) is 3. The van der Waals surface area contributed by atoms with Crippen molar-refractivity contribution in [3.8, 4) is 0 Å². The second-order valence-corrected chi connectivity index (χ2v) is 3.63. The van der Waals surface area contributed by atoms with E-state index in [9.17, 15) is 4.79 Å². The summed E-state index contributed by atoms with van der Waals surface area (Å²) >= 11 is 0. The first-order valence-electron chi connectivity index (χ1n) is 4.64. The summed E-state index contributed by atoms with van der Waals surface area (Å²) in [5.41, 5.74) is 2.42. The Kier molecular flexibility index (Phi) is 6.54. The molecule has 2 N–H and O–H groups in total. The van der Waals surface area contributed by atoms with E-state index in [1.54, 1.807) is 0 Å². The average Bonchev–Trinajstić information content (AvgIpc) is 2.04. The van der Waals surface area contributed by atoms with Gasteiger partial charge in [0.25, 0.3) is 0 Å². The van der Waals surface area contributed by atoms with Crippen LogP contribution in [0.1, 0.15) is 20.8 Å². The molecule has 0 bridgehead atoms. The third-order valence-electron chi connectivity index (χ3n) is 1.55. The first-order valence-corrected chi connectivity index (χ1v) is 4.64. The van der Waals surface area contributed by atoms with Gasteiger partial charge in [-0.3, -0.25) is 9.63 Å². The van der Waals surface area contributed by atoms with Gasteiger partial charge in [-0.2, -0.15) is 0 Å². The van der Waals surface area contributed by atoms with Crippen LogP contribution in [0.3, 0.4) is 0 Å². The average molecular weight is 188 g/mol. The number of rotatable bonds is 6. The van der Waals surface area contributed by atoms with Crippen molar-refractivity contribution in [2.75, 3.05) is 20.2 Å². The Hall–Kier alpha value is -0.610. The van der Waals surface area contributed by atoms with Gasteiger partial charge in [0.05, 0.1) is 6.61 Å². The molecule has 0 aromatic heterocycles. The summed E-state index contributed by atoms with van der Waals surface area (Å²) in [7, 11) is 1.82. The van der Waals surface area contributed by atoms with Crippen LogP contribution in [0.15, 0.2) is 0 Å². The smallest absolute Gasteiger partial charge is 0.247 e. The van der Waals surface area contributed by atoms with E-state index in [0.29, 0.717) is 19.1 Å². The summed E-state index contributed by atoms with van der Waals surface area (Å²) < 4.78 is 0. The largest absolute Gasteiger partial charge is 0.319 e. The van der Waals surface area contributed by atoms with Crippen molar-refractivity contribution in [1.82, 2.24) is 10.8 Å². The van der Waals surface area contributed by atoms with Gasteiger partial charge in [-0.25, -0.2) is 5.48 Å². The first-order chi connectivity index (χ1) is 6.07. The lowest BCUT2D eigenvalue weighted by Gasteiger charge is -2.12. The molecule has 4 heteroatoms. The number of amides is 1. The number of nitrogens with one attached hydrogen (secondary N) is 2. The molecular formula is C9H20N2O2. The Morgan fingerprint density at radius 3 is 2.46 bits per heavy atom. The molecule has 78 valence electrons. The van der Waals surface area contributed by atoms with Crippen molar-refractivity contribution in [2.24, 2.45) is 11.8 Å². The first kappa shape index (κ1) is 12.4. The minimum absolute atomic E-state index is 0.0582. The van der Waals surface area contributed by atoms with E-state index in [1.165, 1.54) is 0 Å². The summed E-state index contributed by atoms with van der Waals surface area (Å²) in [6, 6.07) is 0. The molecule has 0 saturated carbocycles. The molecule has 0 aliphatic rings. The van der Waals surface area contributed by atoms with Gasteiger partial charge in [0, 0.05) is 12.5 Å². The summed E-state index contributed by atoms with van der Waals surface area (Å²) in [6.45, 7) is 7.13. The summed E-state index contributed by atoms with van der Waals surface area (Å²) in [5.74, 6) is 0.298. The summed E-state index contributed by atoms with van der Waals surface area (Å²) in [5, 5.41) is 2.93. The zero-order chi connectivity index (χ0) is 10.3. The predicted octanol–water partition coefficient (Wildman–Crippen LogP) is 0.546. The molecule has 0 heterocycles. The second kappa shape index (κ2) is 6.86. The van der Waals surface area contributed by atoms with Crippen LogP contribution in [0.2, 0.25) is 0 Å². The van der Waals surface area contributed by atoms with E-state index >= 15 is 0 Å². The van der Waals surface area contributed by atoms with Crippen LogP contribution in [-0.4, -0.2) is 26.1 Å². The molecule has 0 saturated heterocycles. The SMILES string of the molecule is CNCC(C)C(=O)NOCC(C)C. The molecule has 1 atom stereocenters. The highest BCUT2D eigenvalue weighted by molar-refractivity contribution is 5.77.